The number of hydrogen-bond acceptors (Lipinski definition) is 3. The van der Waals surface area contributed by atoms with Crippen molar-refractivity contribution < 1.29 is 17.6 Å². The zero-order chi connectivity index (χ0) is 15.6. The Morgan fingerprint density at radius 3 is 2.29 bits per heavy atom. The molecule has 21 heavy (non-hydrogen) atoms. The second kappa shape index (κ2) is 5.95. The Kier molecular flexibility index (Phi) is 4.43. The maximum atomic E-state index is 13.4. The summed E-state index contributed by atoms with van der Waals surface area (Å²) in [7, 11) is -3.88. The van der Waals surface area contributed by atoms with Crippen LogP contribution < -0.4 is 4.72 Å². The van der Waals surface area contributed by atoms with Crippen LogP contribution in [0.1, 0.15) is 17.3 Å². The van der Waals surface area contributed by atoms with Crippen molar-refractivity contribution in [2.24, 2.45) is 0 Å². The summed E-state index contributed by atoms with van der Waals surface area (Å²) in [6.07, 6.45) is 0. The molecule has 0 aromatic heterocycles. The van der Waals surface area contributed by atoms with Crippen LogP contribution in [0.15, 0.2) is 51.8 Å². The second-order valence-corrected chi connectivity index (χ2v) is 6.85. The number of ketones is 1. The molecular formula is C14H11BrFNO3S. The first-order valence-corrected chi connectivity index (χ1v) is 8.16. The zero-order valence-corrected chi connectivity index (χ0v) is 13.3. The van der Waals surface area contributed by atoms with Crippen molar-refractivity contribution in [2.45, 2.75) is 11.8 Å². The Morgan fingerprint density at radius 2 is 1.76 bits per heavy atom. The number of nitrogens with one attached hydrogen (secondary N) is 1. The largest absolute Gasteiger partial charge is 0.295 e. The highest BCUT2D eigenvalue weighted by Crippen LogP contribution is 2.21. The Balaban J connectivity index is 2.28. The number of Topliss-reactive ketones (excluding diaryl/α,β-unsaturated/α-hetero) is 1. The zero-order valence-electron chi connectivity index (χ0n) is 10.9. The van der Waals surface area contributed by atoms with Crippen LogP contribution in [0.3, 0.4) is 0 Å². The summed E-state index contributed by atoms with van der Waals surface area (Å²) in [4.78, 5) is 11.0. The number of benzene rings is 2. The van der Waals surface area contributed by atoms with Crippen molar-refractivity contribution in [3.8, 4) is 0 Å². The first-order chi connectivity index (χ1) is 9.79. The molecule has 2 rings (SSSR count). The lowest BCUT2D eigenvalue weighted by Crippen LogP contribution is -2.13. The van der Waals surface area contributed by atoms with Crippen molar-refractivity contribution in [2.75, 3.05) is 4.72 Å². The van der Waals surface area contributed by atoms with Crippen LogP contribution in [-0.4, -0.2) is 14.2 Å². The van der Waals surface area contributed by atoms with Crippen molar-refractivity contribution in [3.63, 3.8) is 0 Å². The number of rotatable bonds is 4. The average Bonchev–Trinajstić information content (AvgIpc) is 2.42. The standard InChI is InChI=1S/C14H11BrFNO3S/c1-9(18)10-2-4-11(5-3-10)17-21(19,20)12-6-7-13(15)14(16)8-12/h2-8,17H,1H3. The van der Waals surface area contributed by atoms with E-state index in [2.05, 4.69) is 20.7 Å². The number of hydrogen-bond donors (Lipinski definition) is 1. The Bertz CT molecular complexity index is 788. The van der Waals surface area contributed by atoms with Gasteiger partial charge in [-0.25, -0.2) is 12.8 Å². The van der Waals surface area contributed by atoms with Crippen molar-refractivity contribution in [1.29, 1.82) is 0 Å². The third-order valence-electron chi connectivity index (χ3n) is 2.75. The predicted molar refractivity (Wildman–Crippen MR) is 81.4 cm³/mol. The molecule has 0 atom stereocenters. The van der Waals surface area contributed by atoms with Crippen LogP contribution in [0.25, 0.3) is 0 Å². The van der Waals surface area contributed by atoms with Gasteiger partial charge in [0.05, 0.1) is 9.37 Å². The summed E-state index contributed by atoms with van der Waals surface area (Å²) in [6, 6.07) is 9.52. The van der Waals surface area contributed by atoms with Gasteiger partial charge in [0.2, 0.25) is 0 Å². The minimum absolute atomic E-state index is 0.112. The first-order valence-electron chi connectivity index (χ1n) is 5.88. The van der Waals surface area contributed by atoms with E-state index in [1.165, 1.54) is 43.3 Å². The smallest absolute Gasteiger partial charge is 0.261 e. The van der Waals surface area contributed by atoms with Gasteiger partial charge in [-0.1, -0.05) is 0 Å². The van der Waals surface area contributed by atoms with Crippen LogP contribution in [0.2, 0.25) is 0 Å². The minimum atomic E-state index is -3.88. The Labute approximate surface area is 130 Å². The van der Waals surface area contributed by atoms with E-state index >= 15 is 0 Å². The molecule has 4 nitrogen and oxygen atoms in total. The summed E-state index contributed by atoms with van der Waals surface area (Å²) < 4.78 is 40.2. The molecular weight excluding hydrogens is 361 g/mol. The van der Waals surface area contributed by atoms with Crippen LogP contribution in [0.5, 0.6) is 0 Å². The number of sulfonamides is 1. The van der Waals surface area contributed by atoms with Gasteiger partial charge in [0.1, 0.15) is 5.82 Å². The molecule has 110 valence electrons. The number of anilines is 1. The van der Waals surface area contributed by atoms with E-state index < -0.39 is 15.8 Å². The van der Waals surface area contributed by atoms with Gasteiger partial charge in [-0.15, -0.1) is 0 Å². The van der Waals surface area contributed by atoms with Crippen LogP contribution in [0, 0.1) is 5.82 Å². The van der Waals surface area contributed by atoms with E-state index in [0.717, 1.165) is 6.07 Å². The fourth-order valence-corrected chi connectivity index (χ4v) is 2.95. The number of carbonyl (C=O) groups is 1. The minimum Gasteiger partial charge on any atom is -0.295 e. The molecule has 0 heterocycles. The summed E-state index contributed by atoms with van der Waals surface area (Å²) in [5.74, 6) is -0.774. The third-order valence-corrected chi connectivity index (χ3v) is 4.77. The molecule has 0 aliphatic rings. The van der Waals surface area contributed by atoms with Gasteiger partial charge in [-0.2, -0.15) is 0 Å². The molecule has 0 unspecified atom stereocenters. The van der Waals surface area contributed by atoms with Gasteiger partial charge in [0.15, 0.2) is 5.78 Å². The second-order valence-electron chi connectivity index (χ2n) is 4.31. The lowest BCUT2D eigenvalue weighted by molar-refractivity contribution is 0.101. The van der Waals surface area contributed by atoms with Gasteiger partial charge in [0.25, 0.3) is 10.0 Å². The maximum Gasteiger partial charge on any atom is 0.261 e. The van der Waals surface area contributed by atoms with E-state index in [4.69, 9.17) is 0 Å². The molecule has 0 aliphatic carbocycles. The highest BCUT2D eigenvalue weighted by Gasteiger charge is 2.16. The normalized spacial score (nSPS) is 11.2. The third kappa shape index (κ3) is 3.68. The van der Waals surface area contributed by atoms with Crippen molar-refractivity contribution >= 4 is 37.4 Å². The van der Waals surface area contributed by atoms with Gasteiger partial charge >= 0.3 is 0 Å². The maximum absolute atomic E-state index is 13.4. The monoisotopic (exact) mass is 371 g/mol. The molecule has 0 radical (unpaired) electrons. The lowest BCUT2D eigenvalue weighted by atomic mass is 10.1. The van der Waals surface area contributed by atoms with Crippen LogP contribution in [-0.2, 0) is 10.0 Å². The van der Waals surface area contributed by atoms with Gasteiger partial charge in [-0.05, 0) is 65.3 Å². The number of carbonyl (C=O) groups excluding carboxylic acids is 1. The van der Waals surface area contributed by atoms with Gasteiger partial charge < -0.3 is 0 Å². The molecule has 0 aliphatic heterocycles. The average molecular weight is 372 g/mol. The Morgan fingerprint density at radius 1 is 1.14 bits per heavy atom. The molecule has 0 saturated carbocycles. The van der Waals surface area contributed by atoms with Crippen molar-refractivity contribution in [3.05, 3.63) is 58.3 Å². The molecule has 7 heteroatoms. The fraction of sp³-hybridized carbons (Fsp3) is 0.0714. The summed E-state index contributed by atoms with van der Waals surface area (Å²) in [5, 5.41) is 0. The molecule has 2 aromatic carbocycles. The van der Waals surface area contributed by atoms with Crippen LogP contribution >= 0.6 is 15.9 Å². The summed E-state index contributed by atoms with van der Waals surface area (Å²) in [5.41, 5.74) is 0.774. The molecule has 2 aromatic rings. The molecule has 0 spiro atoms. The molecule has 0 fully saturated rings. The fourth-order valence-electron chi connectivity index (χ4n) is 1.63. The summed E-state index contributed by atoms with van der Waals surface area (Å²) >= 11 is 2.96. The van der Waals surface area contributed by atoms with E-state index in [-0.39, 0.29) is 15.2 Å². The molecule has 0 bridgehead atoms. The van der Waals surface area contributed by atoms with Gasteiger partial charge in [-0.3, -0.25) is 9.52 Å². The molecule has 0 amide bonds. The van der Waals surface area contributed by atoms with E-state index in [1.807, 2.05) is 0 Å². The quantitative estimate of drug-likeness (QED) is 0.835. The van der Waals surface area contributed by atoms with Crippen molar-refractivity contribution in [1.82, 2.24) is 0 Å². The lowest BCUT2D eigenvalue weighted by Gasteiger charge is -2.09. The van der Waals surface area contributed by atoms with E-state index in [0.29, 0.717) is 11.3 Å². The molecule has 0 saturated heterocycles. The summed E-state index contributed by atoms with van der Waals surface area (Å²) in [6.45, 7) is 1.42. The van der Waals surface area contributed by atoms with Crippen LogP contribution in [0.4, 0.5) is 10.1 Å². The van der Waals surface area contributed by atoms with E-state index in [9.17, 15) is 17.6 Å². The highest BCUT2D eigenvalue weighted by molar-refractivity contribution is 9.10. The topological polar surface area (TPSA) is 63.2 Å². The molecule has 1 N–H and O–H groups in total. The number of halogens is 2. The first kappa shape index (κ1) is 15.7. The van der Waals surface area contributed by atoms with Gasteiger partial charge in [0, 0.05) is 11.3 Å². The van der Waals surface area contributed by atoms with E-state index in [1.54, 1.807) is 0 Å². The Hall–Kier alpha value is -1.73. The predicted octanol–water partition coefficient (Wildman–Crippen LogP) is 3.59. The SMILES string of the molecule is CC(=O)c1ccc(NS(=O)(=O)c2ccc(Br)c(F)c2)cc1. The highest BCUT2D eigenvalue weighted by atomic mass is 79.9.